The summed E-state index contributed by atoms with van der Waals surface area (Å²) < 4.78 is 14.1. The van der Waals surface area contributed by atoms with Crippen LogP contribution >= 0.6 is 0 Å². The predicted molar refractivity (Wildman–Crippen MR) is 63.0 cm³/mol. The number of aliphatic hydroxyl groups is 1. The molecular formula is C11H12FN5O2. The number of benzene rings is 1. The number of halogens is 1. The summed E-state index contributed by atoms with van der Waals surface area (Å²) in [5.74, 6) is -0.957. The molecule has 0 saturated carbocycles. The number of carbonyl (C=O) groups excluding carboxylic acids is 1. The zero-order chi connectivity index (χ0) is 14.0. The zero-order valence-electron chi connectivity index (χ0n) is 10.1. The molecule has 0 aliphatic rings. The molecule has 0 spiro atoms. The van der Waals surface area contributed by atoms with Gasteiger partial charge in [-0.1, -0.05) is 0 Å². The molecule has 1 unspecified atom stereocenters. The van der Waals surface area contributed by atoms with Crippen molar-refractivity contribution in [3.8, 4) is 11.4 Å². The van der Waals surface area contributed by atoms with Crippen LogP contribution in [-0.4, -0.2) is 36.8 Å². The minimum absolute atomic E-state index is 0.192. The van der Waals surface area contributed by atoms with E-state index >= 15 is 0 Å². The molecule has 19 heavy (non-hydrogen) atoms. The first kappa shape index (κ1) is 13.1. The fourth-order valence-electron chi connectivity index (χ4n) is 1.49. The van der Waals surface area contributed by atoms with E-state index in [1.54, 1.807) is 0 Å². The molecular weight excluding hydrogens is 253 g/mol. The average molecular weight is 265 g/mol. The van der Waals surface area contributed by atoms with Gasteiger partial charge in [0.1, 0.15) is 5.82 Å². The maximum absolute atomic E-state index is 12.8. The molecule has 7 nitrogen and oxygen atoms in total. The van der Waals surface area contributed by atoms with E-state index in [4.69, 9.17) is 5.73 Å². The van der Waals surface area contributed by atoms with Gasteiger partial charge < -0.3 is 10.8 Å². The third kappa shape index (κ3) is 2.74. The van der Waals surface area contributed by atoms with Gasteiger partial charge in [0.05, 0.1) is 6.54 Å². The summed E-state index contributed by atoms with van der Waals surface area (Å²) >= 11 is 0. The Morgan fingerprint density at radius 1 is 1.47 bits per heavy atom. The number of hydrogen-bond acceptors (Lipinski definition) is 5. The van der Waals surface area contributed by atoms with Gasteiger partial charge in [-0.05, 0) is 41.6 Å². The van der Waals surface area contributed by atoms with Gasteiger partial charge >= 0.3 is 0 Å². The lowest BCUT2D eigenvalue weighted by Gasteiger charge is -2.19. The SMILES string of the molecule is CC(O)(Cn1nnnc1-c1ccc(F)cc1)C(N)=O. The molecule has 0 fully saturated rings. The molecule has 8 heteroatoms. The summed E-state index contributed by atoms with van der Waals surface area (Å²) in [4.78, 5) is 11.1. The highest BCUT2D eigenvalue weighted by Gasteiger charge is 2.30. The molecule has 2 rings (SSSR count). The Morgan fingerprint density at radius 3 is 2.68 bits per heavy atom. The third-order valence-corrected chi connectivity index (χ3v) is 2.62. The second-order valence-corrected chi connectivity index (χ2v) is 4.31. The van der Waals surface area contributed by atoms with E-state index in [-0.39, 0.29) is 12.4 Å². The average Bonchev–Trinajstić information content (AvgIpc) is 2.77. The number of primary amides is 1. The standard InChI is InChI=1S/C11H12FN5O2/c1-11(19,10(13)18)6-17-9(14-15-16-17)7-2-4-8(12)5-3-7/h2-5,19H,6H2,1H3,(H2,13,18). The molecule has 1 atom stereocenters. The highest BCUT2D eigenvalue weighted by Crippen LogP contribution is 2.18. The van der Waals surface area contributed by atoms with Crippen LogP contribution < -0.4 is 5.73 Å². The quantitative estimate of drug-likeness (QED) is 0.790. The van der Waals surface area contributed by atoms with Crippen molar-refractivity contribution >= 4 is 5.91 Å². The minimum atomic E-state index is -1.77. The van der Waals surface area contributed by atoms with E-state index in [1.807, 2.05) is 0 Å². The van der Waals surface area contributed by atoms with Crippen LogP contribution in [0.1, 0.15) is 6.92 Å². The van der Waals surface area contributed by atoms with Crippen LogP contribution in [0.15, 0.2) is 24.3 Å². The number of hydrogen-bond donors (Lipinski definition) is 2. The molecule has 1 aromatic carbocycles. The third-order valence-electron chi connectivity index (χ3n) is 2.62. The van der Waals surface area contributed by atoms with Crippen LogP contribution in [0.3, 0.4) is 0 Å². The Kier molecular flexibility index (Phi) is 3.26. The van der Waals surface area contributed by atoms with Gasteiger partial charge in [-0.15, -0.1) is 5.10 Å². The molecule has 100 valence electrons. The van der Waals surface area contributed by atoms with Crippen LogP contribution in [0, 0.1) is 5.82 Å². The fraction of sp³-hybridized carbons (Fsp3) is 0.273. The summed E-state index contributed by atoms with van der Waals surface area (Å²) in [5.41, 5.74) is 3.86. The van der Waals surface area contributed by atoms with E-state index in [1.165, 1.54) is 35.9 Å². The maximum Gasteiger partial charge on any atom is 0.251 e. The molecule has 0 radical (unpaired) electrons. The van der Waals surface area contributed by atoms with Gasteiger partial charge in [-0.3, -0.25) is 4.79 Å². The molecule has 2 aromatic rings. The van der Waals surface area contributed by atoms with Crippen LogP contribution in [0.2, 0.25) is 0 Å². The number of rotatable bonds is 4. The van der Waals surface area contributed by atoms with E-state index in [9.17, 15) is 14.3 Å². The van der Waals surface area contributed by atoms with Gasteiger partial charge in [-0.2, -0.15) is 0 Å². The summed E-state index contributed by atoms with van der Waals surface area (Å²) in [7, 11) is 0. The number of nitrogens with zero attached hydrogens (tertiary/aromatic N) is 4. The number of aromatic nitrogens is 4. The number of amides is 1. The van der Waals surface area contributed by atoms with E-state index < -0.39 is 11.5 Å². The normalized spacial score (nSPS) is 14.1. The molecule has 1 aromatic heterocycles. The monoisotopic (exact) mass is 265 g/mol. The van der Waals surface area contributed by atoms with Crippen molar-refractivity contribution in [1.29, 1.82) is 0 Å². The van der Waals surface area contributed by atoms with E-state index in [0.717, 1.165) is 0 Å². The molecule has 3 N–H and O–H groups in total. The van der Waals surface area contributed by atoms with Crippen molar-refractivity contribution in [2.75, 3.05) is 0 Å². The fourth-order valence-corrected chi connectivity index (χ4v) is 1.49. The largest absolute Gasteiger partial charge is 0.378 e. The number of carbonyl (C=O) groups is 1. The highest BCUT2D eigenvalue weighted by atomic mass is 19.1. The summed E-state index contributed by atoms with van der Waals surface area (Å²) in [6.45, 7) is 1.08. The predicted octanol–water partition coefficient (Wildman–Crippen LogP) is -0.285. The molecule has 0 bridgehead atoms. The molecule has 0 saturated heterocycles. The van der Waals surface area contributed by atoms with Crippen molar-refractivity contribution in [1.82, 2.24) is 20.2 Å². The van der Waals surface area contributed by atoms with Crippen molar-refractivity contribution < 1.29 is 14.3 Å². The lowest BCUT2D eigenvalue weighted by molar-refractivity contribution is -0.136. The highest BCUT2D eigenvalue weighted by molar-refractivity contribution is 5.82. The van der Waals surface area contributed by atoms with Crippen LogP contribution in [0.4, 0.5) is 4.39 Å². The Labute approximate surface area is 107 Å². The van der Waals surface area contributed by atoms with Crippen molar-refractivity contribution in [3.63, 3.8) is 0 Å². The minimum Gasteiger partial charge on any atom is -0.378 e. The second kappa shape index (κ2) is 4.73. The number of nitrogens with two attached hydrogens (primary N) is 1. The van der Waals surface area contributed by atoms with Crippen LogP contribution in [0.25, 0.3) is 11.4 Å². The lowest BCUT2D eigenvalue weighted by Crippen LogP contribution is -2.44. The molecule has 1 amide bonds. The molecule has 1 heterocycles. The summed E-state index contributed by atoms with van der Waals surface area (Å²) in [5, 5.41) is 20.8. The topological polar surface area (TPSA) is 107 Å². The van der Waals surface area contributed by atoms with E-state index in [2.05, 4.69) is 15.5 Å². The lowest BCUT2D eigenvalue weighted by atomic mass is 10.1. The smallest absolute Gasteiger partial charge is 0.251 e. The van der Waals surface area contributed by atoms with Crippen molar-refractivity contribution in [3.05, 3.63) is 30.1 Å². The maximum atomic E-state index is 12.8. The van der Waals surface area contributed by atoms with E-state index in [0.29, 0.717) is 11.4 Å². The Balaban J connectivity index is 2.33. The van der Waals surface area contributed by atoms with Gasteiger partial charge in [0.25, 0.3) is 5.91 Å². The second-order valence-electron chi connectivity index (χ2n) is 4.31. The first-order valence-electron chi connectivity index (χ1n) is 5.44. The Hall–Kier alpha value is -2.35. The van der Waals surface area contributed by atoms with Gasteiger partial charge in [-0.25, -0.2) is 9.07 Å². The first-order chi connectivity index (χ1) is 8.90. The van der Waals surface area contributed by atoms with Crippen LogP contribution in [-0.2, 0) is 11.3 Å². The first-order valence-corrected chi connectivity index (χ1v) is 5.44. The number of tetrazole rings is 1. The Bertz CT molecular complexity index is 593. The van der Waals surface area contributed by atoms with Gasteiger partial charge in [0.15, 0.2) is 11.4 Å². The van der Waals surface area contributed by atoms with Gasteiger partial charge in [0.2, 0.25) is 0 Å². The van der Waals surface area contributed by atoms with Crippen molar-refractivity contribution in [2.24, 2.45) is 5.73 Å². The molecule has 0 aliphatic carbocycles. The molecule has 0 aliphatic heterocycles. The Morgan fingerprint density at radius 2 is 2.11 bits per heavy atom. The summed E-state index contributed by atoms with van der Waals surface area (Å²) in [6.07, 6.45) is 0. The zero-order valence-corrected chi connectivity index (χ0v) is 10.1. The summed E-state index contributed by atoms with van der Waals surface area (Å²) in [6, 6.07) is 5.52. The van der Waals surface area contributed by atoms with Crippen molar-refractivity contribution in [2.45, 2.75) is 19.1 Å². The van der Waals surface area contributed by atoms with Crippen LogP contribution in [0.5, 0.6) is 0 Å². The van der Waals surface area contributed by atoms with Gasteiger partial charge in [0, 0.05) is 5.56 Å².